The zero-order valence-electron chi connectivity index (χ0n) is 17.1. The van der Waals surface area contributed by atoms with E-state index in [1.54, 1.807) is 0 Å². The number of halogens is 2. The van der Waals surface area contributed by atoms with Crippen LogP contribution in [0.3, 0.4) is 0 Å². The molecule has 0 spiro atoms. The smallest absolute Gasteiger partial charge is 0.258 e. The first-order chi connectivity index (χ1) is 15.6. The van der Waals surface area contributed by atoms with E-state index in [9.17, 15) is 13.6 Å². The van der Waals surface area contributed by atoms with E-state index in [4.69, 9.17) is 0 Å². The van der Waals surface area contributed by atoms with Crippen molar-refractivity contribution in [1.29, 1.82) is 0 Å². The maximum absolute atomic E-state index is 14.5. The number of hydrogen-bond acceptors (Lipinski definition) is 3. The molecule has 0 amide bonds. The first kappa shape index (κ1) is 20.0. The molecule has 1 atom stereocenters. The number of carbonyl (C=O) groups is 1. The van der Waals surface area contributed by atoms with E-state index in [-0.39, 0.29) is 17.2 Å². The molecule has 1 N–H and O–H groups in total. The van der Waals surface area contributed by atoms with Crippen molar-refractivity contribution >= 4 is 11.7 Å². The Balaban J connectivity index is 1.60. The van der Waals surface area contributed by atoms with Gasteiger partial charge in [-0.15, -0.1) is 0 Å². The normalized spacial score (nSPS) is 14.8. The molecule has 2 heterocycles. The van der Waals surface area contributed by atoms with Gasteiger partial charge in [-0.25, -0.2) is 18.6 Å². The maximum Gasteiger partial charge on any atom is 0.359 e. The van der Waals surface area contributed by atoms with Crippen molar-refractivity contribution < 1.29 is 18.1 Å². The average Bonchev–Trinajstić information content (AvgIpc) is 3.11. The van der Waals surface area contributed by atoms with Gasteiger partial charge < -0.3 is 0 Å². The Hall–Kier alpha value is -3.93. The van der Waals surface area contributed by atoms with E-state index in [0.717, 1.165) is 11.1 Å². The minimum absolute atomic E-state index is 0.0887. The number of fused-ring (bicyclic) bond motifs is 1. The summed E-state index contributed by atoms with van der Waals surface area (Å²) in [4.78, 5) is 17.8. The molecule has 0 bridgehead atoms. The fourth-order valence-electron chi connectivity index (χ4n) is 4.04. The molecule has 158 valence electrons. The van der Waals surface area contributed by atoms with Crippen molar-refractivity contribution in [2.24, 2.45) is 0 Å². The van der Waals surface area contributed by atoms with Crippen molar-refractivity contribution in [3.8, 4) is 11.3 Å². The zero-order chi connectivity index (χ0) is 22.1. The summed E-state index contributed by atoms with van der Waals surface area (Å²) in [6.45, 7) is 0. The molecular weight excluding hydrogens is 408 g/mol. The van der Waals surface area contributed by atoms with Gasteiger partial charge >= 0.3 is 11.7 Å². The number of anilines is 1. The van der Waals surface area contributed by atoms with Gasteiger partial charge in [-0.3, -0.25) is 5.32 Å². The van der Waals surface area contributed by atoms with Crippen LogP contribution in [0.15, 0.2) is 85.1 Å². The number of nitrogens with zero attached hydrogens (tertiary/aromatic N) is 2. The van der Waals surface area contributed by atoms with Crippen LogP contribution < -0.4 is 9.88 Å². The summed E-state index contributed by atoms with van der Waals surface area (Å²) in [5, 5.41) is 3.29. The molecule has 0 saturated carbocycles. The van der Waals surface area contributed by atoms with Crippen LogP contribution in [-0.2, 0) is 12.8 Å². The molecular formula is C26H20F2N3O+. The molecule has 0 radical (unpaired) electrons. The lowest BCUT2D eigenvalue weighted by Crippen LogP contribution is -2.44. The second-order valence-electron chi connectivity index (χ2n) is 7.78. The fraction of sp³-hybridized carbons (Fsp3) is 0.115. The second-order valence-corrected chi connectivity index (χ2v) is 7.78. The van der Waals surface area contributed by atoms with E-state index in [0.29, 0.717) is 24.4 Å². The summed E-state index contributed by atoms with van der Waals surface area (Å²) in [6.07, 6.45) is 2.33. The Morgan fingerprint density at radius 1 is 0.844 bits per heavy atom. The van der Waals surface area contributed by atoms with E-state index < -0.39 is 17.7 Å². The lowest BCUT2D eigenvalue weighted by atomic mass is 10.1. The van der Waals surface area contributed by atoms with Crippen LogP contribution in [-0.4, -0.2) is 16.9 Å². The van der Waals surface area contributed by atoms with Gasteiger partial charge in [0.1, 0.15) is 29.2 Å². The highest BCUT2D eigenvalue weighted by molar-refractivity contribution is 5.82. The molecule has 32 heavy (non-hydrogen) atoms. The summed E-state index contributed by atoms with van der Waals surface area (Å²) in [5.74, 6) is -1.07. The Bertz CT molecular complexity index is 1270. The van der Waals surface area contributed by atoms with Crippen LogP contribution in [0.5, 0.6) is 0 Å². The average molecular weight is 428 g/mol. The summed E-state index contributed by atoms with van der Waals surface area (Å²) in [5.41, 5.74) is 2.40. The molecule has 0 aliphatic carbocycles. The molecule has 1 aliphatic rings. The minimum atomic E-state index is -0.719. The van der Waals surface area contributed by atoms with Crippen LogP contribution in [0.25, 0.3) is 11.3 Å². The number of aromatic nitrogens is 2. The standard InChI is InChI=1S/C26H19F2N3O/c27-19-12-7-13-20(28)24(19)23-16-31-25(21(29-23)14-17-8-3-1-4-9-17)30-22(26(31)32)15-18-10-5-2-6-11-18/h1-13,16,22H,14-15H2/p+1. The highest BCUT2D eigenvalue weighted by Gasteiger charge is 2.41. The lowest BCUT2D eigenvalue weighted by molar-refractivity contribution is -0.552. The first-order valence-corrected chi connectivity index (χ1v) is 10.4. The number of nitrogens with one attached hydrogen (secondary N) is 1. The van der Waals surface area contributed by atoms with Gasteiger partial charge in [0.25, 0.3) is 0 Å². The molecule has 0 saturated heterocycles. The maximum atomic E-state index is 14.5. The molecule has 0 fully saturated rings. The molecule has 5 rings (SSSR count). The third-order valence-corrected chi connectivity index (χ3v) is 5.58. The van der Waals surface area contributed by atoms with Crippen LogP contribution in [0.1, 0.15) is 21.6 Å². The van der Waals surface area contributed by atoms with Crippen molar-refractivity contribution in [3.63, 3.8) is 0 Å². The van der Waals surface area contributed by atoms with Gasteiger partial charge in [0.15, 0.2) is 6.04 Å². The number of rotatable bonds is 5. The van der Waals surface area contributed by atoms with Crippen molar-refractivity contribution in [2.75, 3.05) is 5.32 Å². The number of hydrogen-bond donors (Lipinski definition) is 1. The molecule has 1 aromatic heterocycles. The van der Waals surface area contributed by atoms with Crippen LogP contribution >= 0.6 is 0 Å². The Kier molecular flexibility index (Phi) is 5.19. The van der Waals surface area contributed by atoms with Crippen LogP contribution in [0, 0.1) is 11.6 Å². The molecule has 4 nitrogen and oxygen atoms in total. The van der Waals surface area contributed by atoms with E-state index in [2.05, 4.69) is 10.3 Å². The zero-order valence-corrected chi connectivity index (χ0v) is 17.1. The van der Waals surface area contributed by atoms with Gasteiger partial charge in [-0.2, -0.15) is 4.57 Å². The Labute approximate surface area is 184 Å². The van der Waals surface area contributed by atoms with Gasteiger partial charge in [-0.1, -0.05) is 66.7 Å². The fourth-order valence-corrected chi connectivity index (χ4v) is 4.04. The van der Waals surface area contributed by atoms with Gasteiger partial charge in [0, 0.05) is 12.8 Å². The molecule has 1 unspecified atom stereocenters. The van der Waals surface area contributed by atoms with E-state index in [1.165, 1.54) is 29.0 Å². The minimum Gasteiger partial charge on any atom is -0.258 e. The van der Waals surface area contributed by atoms with Crippen LogP contribution in [0.4, 0.5) is 14.6 Å². The van der Waals surface area contributed by atoms with Crippen LogP contribution in [0.2, 0.25) is 0 Å². The predicted octanol–water partition coefficient (Wildman–Crippen LogP) is 4.58. The van der Waals surface area contributed by atoms with Crippen molar-refractivity contribution in [1.82, 2.24) is 4.98 Å². The summed E-state index contributed by atoms with van der Waals surface area (Å²) < 4.78 is 30.5. The number of benzene rings is 3. The largest absolute Gasteiger partial charge is 0.359 e. The highest BCUT2D eigenvalue weighted by atomic mass is 19.1. The highest BCUT2D eigenvalue weighted by Crippen LogP contribution is 2.28. The molecule has 4 aromatic rings. The quantitative estimate of drug-likeness (QED) is 0.473. The van der Waals surface area contributed by atoms with Gasteiger partial charge in [-0.05, 0) is 23.3 Å². The SMILES string of the molecule is O=C1C(Cc2ccccc2)Nc2c(Cc3ccccc3)nc(-c3c(F)cccc3F)c[n+]21. The lowest BCUT2D eigenvalue weighted by Gasteiger charge is -2.08. The van der Waals surface area contributed by atoms with E-state index in [1.807, 2.05) is 60.7 Å². The topological polar surface area (TPSA) is 45.9 Å². The molecule has 6 heteroatoms. The third kappa shape index (κ3) is 3.75. The Morgan fingerprint density at radius 2 is 1.47 bits per heavy atom. The van der Waals surface area contributed by atoms with Gasteiger partial charge in [0.2, 0.25) is 0 Å². The molecule has 3 aromatic carbocycles. The summed E-state index contributed by atoms with van der Waals surface area (Å²) >= 11 is 0. The second kappa shape index (κ2) is 8.30. The van der Waals surface area contributed by atoms with Gasteiger partial charge in [0.05, 0.1) is 5.56 Å². The first-order valence-electron chi connectivity index (χ1n) is 10.4. The third-order valence-electron chi connectivity index (χ3n) is 5.58. The number of carbonyl (C=O) groups excluding carboxylic acids is 1. The monoisotopic (exact) mass is 428 g/mol. The predicted molar refractivity (Wildman–Crippen MR) is 117 cm³/mol. The van der Waals surface area contributed by atoms with E-state index >= 15 is 0 Å². The van der Waals surface area contributed by atoms with Crippen molar-refractivity contribution in [2.45, 2.75) is 18.9 Å². The summed E-state index contributed by atoms with van der Waals surface area (Å²) in [7, 11) is 0. The Morgan fingerprint density at radius 3 is 2.12 bits per heavy atom. The van der Waals surface area contributed by atoms with Crippen molar-refractivity contribution in [3.05, 3.63) is 114 Å². The molecule has 1 aliphatic heterocycles. The summed E-state index contributed by atoms with van der Waals surface area (Å²) in [6, 6.07) is 22.6.